The van der Waals surface area contributed by atoms with Crippen molar-refractivity contribution in [3.8, 4) is 0 Å². The number of carbonyl (C=O) groups is 1. The number of hydrogen-bond acceptors (Lipinski definition) is 1. The zero-order valence-corrected chi connectivity index (χ0v) is 12.3. The Morgan fingerprint density at radius 3 is 2.48 bits per heavy atom. The fourth-order valence-corrected chi connectivity index (χ4v) is 2.01. The zero-order valence-electron chi connectivity index (χ0n) is 11.5. The first-order valence-electron chi connectivity index (χ1n) is 6.38. The van der Waals surface area contributed by atoms with E-state index in [1.807, 2.05) is 0 Å². The number of alkyl halides is 3. The Balaban J connectivity index is 2.13. The van der Waals surface area contributed by atoms with Crippen LogP contribution < -0.4 is 5.32 Å². The quantitative estimate of drug-likeness (QED) is 0.606. The van der Waals surface area contributed by atoms with Crippen molar-refractivity contribution >= 4 is 29.3 Å². The van der Waals surface area contributed by atoms with E-state index in [2.05, 4.69) is 5.32 Å². The van der Waals surface area contributed by atoms with Crippen LogP contribution in [0.3, 0.4) is 0 Å². The minimum absolute atomic E-state index is 0.0193. The highest BCUT2D eigenvalue weighted by molar-refractivity contribution is 6.32. The van der Waals surface area contributed by atoms with Crippen molar-refractivity contribution in [2.75, 3.05) is 5.32 Å². The van der Waals surface area contributed by atoms with Gasteiger partial charge in [0, 0.05) is 17.3 Å². The molecule has 1 amide bonds. The number of amides is 1. The minimum Gasteiger partial charge on any atom is -0.322 e. The first kappa shape index (κ1) is 17.0. The van der Waals surface area contributed by atoms with Crippen LogP contribution in [0.25, 0.3) is 6.08 Å². The summed E-state index contributed by atoms with van der Waals surface area (Å²) in [5.74, 6) is -1.32. The van der Waals surface area contributed by atoms with Crippen molar-refractivity contribution in [2.24, 2.45) is 0 Å². The van der Waals surface area contributed by atoms with Gasteiger partial charge in [-0.25, -0.2) is 4.39 Å². The molecule has 120 valence electrons. The van der Waals surface area contributed by atoms with Crippen LogP contribution in [0.5, 0.6) is 0 Å². The van der Waals surface area contributed by atoms with Gasteiger partial charge in [0.05, 0.1) is 10.6 Å². The second kappa shape index (κ2) is 6.83. The van der Waals surface area contributed by atoms with Crippen LogP contribution in [-0.4, -0.2) is 5.91 Å². The molecule has 0 aliphatic carbocycles. The zero-order chi connectivity index (χ0) is 17.0. The molecule has 1 N–H and O–H groups in total. The van der Waals surface area contributed by atoms with Crippen molar-refractivity contribution < 1.29 is 22.4 Å². The molecule has 0 saturated carbocycles. The molecule has 0 aliphatic heterocycles. The molecule has 7 heteroatoms. The highest BCUT2D eigenvalue weighted by Crippen LogP contribution is 2.30. The lowest BCUT2D eigenvalue weighted by Crippen LogP contribution is -2.10. The summed E-state index contributed by atoms with van der Waals surface area (Å²) in [6.07, 6.45) is -2.36. The predicted molar refractivity (Wildman–Crippen MR) is 80.5 cm³/mol. The maximum atomic E-state index is 13.5. The summed E-state index contributed by atoms with van der Waals surface area (Å²) in [5.41, 5.74) is -0.876. The van der Waals surface area contributed by atoms with E-state index in [1.54, 1.807) is 0 Å². The molecule has 2 aromatic carbocycles. The third-order valence-electron chi connectivity index (χ3n) is 2.86. The molecule has 23 heavy (non-hydrogen) atoms. The third kappa shape index (κ3) is 4.56. The van der Waals surface area contributed by atoms with Gasteiger partial charge in [-0.15, -0.1) is 0 Å². The van der Waals surface area contributed by atoms with Crippen molar-refractivity contribution in [3.63, 3.8) is 0 Å². The van der Waals surface area contributed by atoms with Crippen LogP contribution in [0.1, 0.15) is 11.1 Å². The molecule has 0 aromatic heterocycles. The largest absolute Gasteiger partial charge is 0.416 e. The lowest BCUT2D eigenvalue weighted by molar-refractivity contribution is -0.137. The van der Waals surface area contributed by atoms with E-state index in [1.165, 1.54) is 30.3 Å². The molecule has 0 fully saturated rings. The number of nitrogens with one attached hydrogen (secondary N) is 1. The molecular formula is C16H10ClF4NO. The van der Waals surface area contributed by atoms with Crippen LogP contribution in [0.15, 0.2) is 48.5 Å². The van der Waals surface area contributed by atoms with E-state index in [0.29, 0.717) is 0 Å². The van der Waals surface area contributed by atoms with Crippen LogP contribution in [0, 0.1) is 5.82 Å². The van der Waals surface area contributed by atoms with Crippen molar-refractivity contribution in [1.82, 2.24) is 0 Å². The number of anilines is 1. The number of benzene rings is 2. The number of hydrogen-bond donors (Lipinski definition) is 1. The van der Waals surface area contributed by atoms with Crippen molar-refractivity contribution in [2.45, 2.75) is 6.18 Å². The second-order valence-electron chi connectivity index (χ2n) is 4.54. The Morgan fingerprint density at radius 1 is 1.13 bits per heavy atom. The summed E-state index contributed by atoms with van der Waals surface area (Å²) in [4.78, 5) is 11.7. The summed E-state index contributed by atoms with van der Waals surface area (Å²) >= 11 is 5.80. The molecule has 0 bridgehead atoms. The number of rotatable bonds is 3. The van der Waals surface area contributed by atoms with Gasteiger partial charge < -0.3 is 5.32 Å². The lowest BCUT2D eigenvalue weighted by atomic mass is 10.2. The van der Waals surface area contributed by atoms with Gasteiger partial charge >= 0.3 is 6.18 Å². The van der Waals surface area contributed by atoms with Crippen LogP contribution in [0.2, 0.25) is 5.02 Å². The Labute approximate surface area is 134 Å². The van der Waals surface area contributed by atoms with Crippen molar-refractivity contribution in [1.29, 1.82) is 0 Å². The topological polar surface area (TPSA) is 29.1 Å². The van der Waals surface area contributed by atoms with E-state index < -0.39 is 23.5 Å². The molecule has 0 radical (unpaired) electrons. The average molecular weight is 344 g/mol. The maximum absolute atomic E-state index is 13.5. The molecule has 2 aromatic rings. The molecule has 0 saturated heterocycles. The van der Waals surface area contributed by atoms with Gasteiger partial charge in [0.1, 0.15) is 5.82 Å². The van der Waals surface area contributed by atoms with E-state index in [-0.39, 0.29) is 16.3 Å². The van der Waals surface area contributed by atoms with E-state index in [0.717, 1.165) is 24.3 Å². The van der Waals surface area contributed by atoms with Gasteiger partial charge in [0.25, 0.3) is 0 Å². The number of halogens is 5. The molecule has 0 unspecified atom stereocenters. The molecule has 0 spiro atoms. The lowest BCUT2D eigenvalue weighted by Gasteiger charge is -2.08. The van der Waals surface area contributed by atoms with Gasteiger partial charge in [-0.1, -0.05) is 23.7 Å². The first-order chi connectivity index (χ1) is 10.8. The summed E-state index contributed by atoms with van der Waals surface area (Å²) in [6, 6.07) is 8.24. The van der Waals surface area contributed by atoms with Gasteiger partial charge in [-0.3, -0.25) is 4.79 Å². The normalized spacial score (nSPS) is 11.7. The number of carbonyl (C=O) groups excluding carboxylic acids is 1. The van der Waals surface area contributed by atoms with E-state index in [9.17, 15) is 22.4 Å². The molecular weight excluding hydrogens is 334 g/mol. The van der Waals surface area contributed by atoms with Gasteiger partial charge in [0.2, 0.25) is 5.91 Å². The van der Waals surface area contributed by atoms with Gasteiger partial charge in [-0.2, -0.15) is 13.2 Å². The highest BCUT2D eigenvalue weighted by atomic mass is 35.5. The standard InChI is InChI=1S/C16H10ClF4NO/c17-13-5-2-6-14(18)12(13)7-8-15(23)22-11-4-1-3-10(9-11)16(19,20)21/h1-9H,(H,22,23). The van der Waals surface area contributed by atoms with Crippen molar-refractivity contribution in [3.05, 3.63) is 70.5 Å². The Bertz CT molecular complexity index is 736. The first-order valence-corrected chi connectivity index (χ1v) is 6.75. The fraction of sp³-hybridized carbons (Fsp3) is 0.0625. The SMILES string of the molecule is O=C(C=Cc1c(F)cccc1Cl)Nc1cccc(C(F)(F)F)c1. The predicted octanol–water partition coefficient (Wildman–Crippen LogP) is 5.15. The summed E-state index contributed by atoms with van der Waals surface area (Å²) < 4.78 is 51.3. The summed E-state index contributed by atoms with van der Waals surface area (Å²) in [7, 11) is 0. The van der Waals surface area contributed by atoms with E-state index in [4.69, 9.17) is 11.6 Å². The third-order valence-corrected chi connectivity index (χ3v) is 3.19. The van der Waals surface area contributed by atoms with Crippen LogP contribution in [-0.2, 0) is 11.0 Å². The Morgan fingerprint density at radius 2 is 1.83 bits per heavy atom. The molecule has 0 heterocycles. The van der Waals surface area contributed by atoms with Crippen LogP contribution in [0.4, 0.5) is 23.2 Å². The van der Waals surface area contributed by atoms with Crippen LogP contribution >= 0.6 is 11.6 Å². The Kier molecular flexibility index (Phi) is 5.05. The minimum atomic E-state index is -4.50. The van der Waals surface area contributed by atoms with E-state index >= 15 is 0 Å². The average Bonchev–Trinajstić information content (AvgIpc) is 2.46. The monoisotopic (exact) mass is 343 g/mol. The van der Waals surface area contributed by atoms with Gasteiger partial charge in [-0.05, 0) is 36.4 Å². The highest BCUT2D eigenvalue weighted by Gasteiger charge is 2.30. The molecule has 2 rings (SSSR count). The second-order valence-corrected chi connectivity index (χ2v) is 4.94. The fourth-order valence-electron chi connectivity index (χ4n) is 1.79. The smallest absolute Gasteiger partial charge is 0.322 e. The molecule has 2 nitrogen and oxygen atoms in total. The summed E-state index contributed by atoms with van der Waals surface area (Å²) in [5, 5.41) is 2.39. The molecule has 0 atom stereocenters. The maximum Gasteiger partial charge on any atom is 0.416 e. The summed E-state index contributed by atoms with van der Waals surface area (Å²) in [6.45, 7) is 0. The Hall–Kier alpha value is -2.34. The molecule has 0 aliphatic rings. The van der Waals surface area contributed by atoms with Gasteiger partial charge in [0.15, 0.2) is 0 Å².